The number of hydroxylamine groups is 1. The molecular weight excluding hydrogens is 563 g/mol. The molecule has 2 N–H and O–H groups in total. The Balaban J connectivity index is 1.51. The van der Waals surface area contributed by atoms with E-state index in [1.165, 1.54) is 29.9 Å². The SMILES string of the molecule is O=C(CC1(c2ccc(-c3ccc(-c4cnco4)cc3)s2)CCN(S(=O)(=O)c2ccccc2)CCS1(=O)=O)NO. The zero-order valence-electron chi connectivity index (χ0n) is 20.6. The third kappa shape index (κ3) is 5.15. The fourth-order valence-corrected chi connectivity index (χ4v) is 9.91. The summed E-state index contributed by atoms with van der Waals surface area (Å²) in [5.74, 6) is -0.733. The van der Waals surface area contributed by atoms with Crippen molar-refractivity contribution in [3.8, 4) is 21.8 Å². The van der Waals surface area contributed by atoms with Crippen LogP contribution in [-0.4, -0.2) is 56.1 Å². The largest absolute Gasteiger partial charge is 0.444 e. The van der Waals surface area contributed by atoms with Crippen LogP contribution in [-0.2, 0) is 29.4 Å². The van der Waals surface area contributed by atoms with Crippen molar-refractivity contribution >= 4 is 37.1 Å². The highest BCUT2D eigenvalue weighted by atomic mass is 32.2. The van der Waals surface area contributed by atoms with E-state index in [2.05, 4.69) is 4.98 Å². The number of sulfonamides is 1. The van der Waals surface area contributed by atoms with Crippen LogP contribution < -0.4 is 5.48 Å². The number of hydrogen-bond acceptors (Lipinski definition) is 9. The van der Waals surface area contributed by atoms with Crippen LogP contribution in [0.4, 0.5) is 0 Å². The van der Waals surface area contributed by atoms with Crippen LogP contribution in [0.25, 0.3) is 21.8 Å². The van der Waals surface area contributed by atoms with Gasteiger partial charge in [-0.25, -0.2) is 27.3 Å². The lowest BCUT2D eigenvalue weighted by Gasteiger charge is -2.30. The predicted molar refractivity (Wildman–Crippen MR) is 145 cm³/mol. The van der Waals surface area contributed by atoms with Gasteiger partial charge in [0.25, 0.3) is 0 Å². The minimum absolute atomic E-state index is 0.0650. The standard InChI is InChI=1S/C26H25N3O7S3/c30-25(28-31)16-26(12-13-29(14-15-38(26,32)33)39(34,35)21-4-2-1-3-5-21)24-11-10-23(37-24)20-8-6-19(7-9-20)22-17-27-18-36-22/h1-11,17-18,31H,12-16H2,(H,28,30). The van der Waals surface area contributed by atoms with Crippen molar-refractivity contribution in [1.82, 2.24) is 14.8 Å². The molecule has 3 heterocycles. The van der Waals surface area contributed by atoms with Gasteiger partial charge in [-0.15, -0.1) is 11.3 Å². The van der Waals surface area contributed by atoms with Gasteiger partial charge in [0.1, 0.15) is 4.75 Å². The van der Waals surface area contributed by atoms with Crippen LogP contribution in [0, 0.1) is 0 Å². The van der Waals surface area contributed by atoms with Crippen molar-refractivity contribution in [3.05, 3.63) is 84.2 Å². The lowest BCUT2D eigenvalue weighted by Crippen LogP contribution is -2.41. The van der Waals surface area contributed by atoms with E-state index in [9.17, 15) is 26.8 Å². The molecular formula is C26H25N3O7S3. The van der Waals surface area contributed by atoms with Crippen molar-refractivity contribution in [2.24, 2.45) is 0 Å². The van der Waals surface area contributed by atoms with Gasteiger partial charge in [0.05, 0.1) is 23.3 Å². The molecule has 204 valence electrons. The monoisotopic (exact) mass is 587 g/mol. The molecule has 0 spiro atoms. The van der Waals surface area contributed by atoms with Gasteiger partial charge in [-0.2, -0.15) is 4.31 Å². The predicted octanol–water partition coefficient (Wildman–Crippen LogP) is 3.67. The van der Waals surface area contributed by atoms with E-state index >= 15 is 0 Å². The molecule has 1 saturated heterocycles. The molecule has 0 saturated carbocycles. The van der Waals surface area contributed by atoms with E-state index in [0.717, 1.165) is 20.3 Å². The van der Waals surface area contributed by atoms with Gasteiger partial charge < -0.3 is 4.42 Å². The molecule has 2 aromatic heterocycles. The molecule has 13 heteroatoms. The molecule has 0 bridgehead atoms. The molecule has 1 fully saturated rings. The second kappa shape index (κ2) is 10.7. The van der Waals surface area contributed by atoms with E-state index in [4.69, 9.17) is 4.42 Å². The Labute approximate surface area is 229 Å². The van der Waals surface area contributed by atoms with E-state index in [0.29, 0.717) is 10.6 Å². The number of hydrogen-bond donors (Lipinski definition) is 2. The normalized spacial score (nSPS) is 19.8. The molecule has 5 rings (SSSR count). The van der Waals surface area contributed by atoms with Gasteiger partial charge >= 0.3 is 0 Å². The molecule has 1 aliphatic heterocycles. The summed E-state index contributed by atoms with van der Waals surface area (Å²) < 4.78 is 58.9. The number of sulfone groups is 1. The number of thiophene rings is 1. The van der Waals surface area contributed by atoms with Crippen LogP contribution in [0.3, 0.4) is 0 Å². The van der Waals surface area contributed by atoms with Crippen molar-refractivity contribution < 1.29 is 31.3 Å². The third-order valence-electron chi connectivity index (χ3n) is 6.86. The van der Waals surface area contributed by atoms with Crippen LogP contribution in [0.5, 0.6) is 0 Å². The van der Waals surface area contributed by atoms with Crippen molar-refractivity contribution in [2.75, 3.05) is 18.8 Å². The number of oxazole rings is 1. The first kappa shape index (κ1) is 27.2. The number of nitrogens with zero attached hydrogens (tertiary/aromatic N) is 2. The number of carbonyl (C=O) groups is 1. The second-order valence-corrected chi connectivity index (χ2v) is 14.5. The number of rotatable bonds is 7. The smallest absolute Gasteiger partial charge is 0.245 e. The quantitative estimate of drug-likeness (QED) is 0.246. The zero-order valence-corrected chi connectivity index (χ0v) is 23.0. The fraction of sp³-hybridized carbons (Fsp3) is 0.231. The van der Waals surface area contributed by atoms with Crippen molar-refractivity contribution in [3.63, 3.8) is 0 Å². The Morgan fingerprint density at radius 2 is 1.77 bits per heavy atom. The maximum atomic E-state index is 13.8. The highest BCUT2D eigenvalue weighted by Gasteiger charge is 2.50. The minimum Gasteiger partial charge on any atom is -0.444 e. The number of aromatic nitrogens is 1. The fourth-order valence-electron chi connectivity index (χ4n) is 4.73. The molecule has 2 aromatic carbocycles. The summed E-state index contributed by atoms with van der Waals surface area (Å²) in [6.45, 7) is -0.363. The first-order valence-electron chi connectivity index (χ1n) is 12.0. The van der Waals surface area contributed by atoms with Gasteiger partial charge in [0, 0.05) is 28.4 Å². The maximum Gasteiger partial charge on any atom is 0.245 e. The van der Waals surface area contributed by atoms with Crippen molar-refractivity contribution in [2.45, 2.75) is 22.5 Å². The summed E-state index contributed by atoms with van der Waals surface area (Å²) in [5.41, 5.74) is 3.20. The lowest BCUT2D eigenvalue weighted by molar-refractivity contribution is -0.129. The van der Waals surface area contributed by atoms with Gasteiger partial charge in [-0.05, 0) is 36.2 Å². The van der Waals surface area contributed by atoms with Crippen LogP contribution in [0.1, 0.15) is 17.7 Å². The Morgan fingerprint density at radius 3 is 2.44 bits per heavy atom. The second-order valence-electron chi connectivity index (χ2n) is 9.10. The molecule has 4 aromatic rings. The minimum atomic E-state index is -4.05. The Morgan fingerprint density at radius 1 is 1.05 bits per heavy atom. The van der Waals surface area contributed by atoms with Gasteiger partial charge in [-0.1, -0.05) is 42.5 Å². The Bertz CT molecular complexity index is 1670. The molecule has 10 nitrogen and oxygen atoms in total. The topological polar surface area (TPSA) is 147 Å². The van der Waals surface area contributed by atoms with Crippen LogP contribution in [0.15, 0.2) is 88.6 Å². The average Bonchev–Trinajstić information content (AvgIpc) is 3.64. The number of nitrogens with one attached hydrogen (secondary N) is 1. The van der Waals surface area contributed by atoms with Gasteiger partial charge in [-0.3, -0.25) is 10.0 Å². The van der Waals surface area contributed by atoms with Gasteiger partial charge in [0.2, 0.25) is 15.9 Å². The van der Waals surface area contributed by atoms with Crippen LogP contribution >= 0.6 is 11.3 Å². The highest BCUT2D eigenvalue weighted by Crippen LogP contribution is 2.45. The van der Waals surface area contributed by atoms with E-state index in [-0.39, 0.29) is 24.4 Å². The summed E-state index contributed by atoms with van der Waals surface area (Å²) in [7, 11) is -8.00. The van der Waals surface area contributed by atoms with Crippen molar-refractivity contribution in [1.29, 1.82) is 0 Å². The summed E-state index contributed by atoms with van der Waals surface area (Å²) in [6, 6.07) is 18.7. The number of amides is 1. The molecule has 1 amide bonds. The zero-order chi connectivity index (χ0) is 27.7. The van der Waals surface area contributed by atoms with Gasteiger partial charge in [0.15, 0.2) is 22.0 Å². The summed E-state index contributed by atoms with van der Waals surface area (Å²) >= 11 is 1.22. The lowest BCUT2D eigenvalue weighted by atomic mass is 9.97. The molecule has 0 radical (unpaired) electrons. The molecule has 1 aliphatic rings. The summed E-state index contributed by atoms with van der Waals surface area (Å²) in [5, 5.41) is 9.28. The summed E-state index contributed by atoms with van der Waals surface area (Å²) in [6.07, 6.45) is 2.25. The molecule has 39 heavy (non-hydrogen) atoms. The first-order valence-corrected chi connectivity index (χ1v) is 15.9. The van der Waals surface area contributed by atoms with E-state index < -0.39 is 42.7 Å². The maximum absolute atomic E-state index is 13.8. The Kier molecular flexibility index (Phi) is 7.44. The Hall–Kier alpha value is -3.36. The summed E-state index contributed by atoms with van der Waals surface area (Å²) in [4.78, 5) is 17.6. The first-order chi connectivity index (χ1) is 18.7. The molecule has 1 unspecified atom stereocenters. The average molecular weight is 588 g/mol. The third-order valence-corrected chi connectivity index (χ3v) is 12.7. The highest BCUT2D eigenvalue weighted by molar-refractivity contribution is 7.92. The molecule has 1 atom stereocenters. The van der Waals surface area contributed by atoms with E-state index in [1.54, 1.807) is 42.0 Å². The van der Waals surface area contributed by atoms with E-state index in [1.807, 2.05) is 24.3 Å². The van der Waals surface area contributed by atoms with Crippen LogP contribution in [0.2, 0.25) is 0 Å². The number of benzene rings is 2. The number of carbonyl (C=O) groups excluding carboxylic acids is 1. The molecule has 0 aliphatic carbocycles.